The Morgan fingerprint density at radius 1 is 1.27 bits per heavy atom. The monoisotopic (exact) mass is 448 g/mol. The van der Waals surface area contributed by atoms with Crippen molar-refractivity contribution >= 4 is 34.5 Å². The molecule has 5 rings (SSSR count). The van der Waals surface area contributed by atoms with Crippen LogP contribution in [0.4, 0.5) is 17.6 Å². The number of amides is 1. The van der Waals surface area contributed by atoms with Crippen LogP contribution in [0.1, 0.15) is 26.0 Å². The first-order valence-corrected chi connectivity index (χ1v) is 10.7. The molecule has 170 valence electrons. The van der Waals surface area contributed by atoms with Crippen LogP contribution in [0.3, 0.4) is 0 Å². The van der Waals surface area contributed by atoms with Crippen LogP contribution in [0.25, 0.3) is 22.3 Å². The second-order valence-corrected chi connectivity index (χ2v) is 7.72. The number of nitrogen functional groups attached to an aromatic ring is 1. The van der Waals surface area contributed by atoms with Crippen LogP contribution in [0, 0.1) is 0 Å². The number of nitrogens with two attached hydrogens (primary N) is 1. The third kappa shape index (κ3) is 3.96. The molecule has 0 spiro atoms. The largest absolute Gasteiger partial charge is 0.383 e. The van der Waals surface area contributed by atoms with Gasteiger partial charge in [-0.15, -0.1) is 0 Å². The van der Waals surface area contributed by atoms with E-state index >= 15 is 0 Å². The molecule has 33 heavy (non-hydrogen) atoms. The summed E-state index contributed by atoms with van der Waals surface area (Å²) in [6.07, 6.45) is 6.93. The highest BCUT2D eigenvalue weighted by Gasteiger charge is 2.34. The maximum Gasteiger partial charge on any atom is 0.255 e. The molecule has 1 aliphatic rings. The molecule has 1 aliphatic heterocycles. The zero-order valence-electron chi connectivity index (χ0n) is 18.3. The molecule has 2 atom stereocenters. The van der Waals surface area contributed by atoms with Gasteiger partial charge in [0.25, 0.3) is 5.91 Å². The predicted octanol–water partition coefficient (Wildman–Crippen LogP) is 1.95. The minimum atomic E-state index is -0.642. The maximum absolute atomic E-state index is 12.8. The van der Waals surface area contributed by atoms with Crippen LogP contribution < -0.4 is 16.4 Å². The first kappa shape index (κ1) is 20.8. The fraction of sp³-hybridized carbons (Fsp3) is 0.333. The van der Waals surface area contributed by atoms with E-state index in [1.165, 1.54) is 6.33 Å². The zero-order chi connectivity index (χ0) is 22.9. The van der Waals surface area contributed by atoms with E-state index in [-0.39, 0.29) is 18.1 Å². The lowest BCUT2D eigenvalue weighted by Gasteiger charge is -2.15. The van der Waals surface area contributed by atoms with Crippen LogP contribution in [0.15, 0.2) is 37.1 Å². The quantitative estimate of drug-likeness (QED) is 0.402. The van der Waals surface area contributed by atoms with E-state index in [1.54, 1.807) is 16.9 Å². The minimum absolute atomic E-state index is 0.231. The maximum atomic E-state index is 12.8. The lowest BCUT2D eigenvalue weighted by atomic mass is 10.2. The van der Waals surface area contributed by atoms with Gasteiger partial charge in [-0.1, -0.05) is 0 Å². The molecule has 0 aromatic carbocycles. The summed E-state index contributed by atoms with van der Waals surface area (Å²) in [7, 11) is 1.85. The number of nitrogens with zero attached hydrogens (tertiary/aromatic N) is 7. The van der Waals surface area contributed by atoms with E-state index in [9.17, 15) is 4.79 Å². The van der Waals surface area contributed by atoms with Gasteiger partial charge in [0, 0.05) is 37.7 Å². The van der Waals surface area contributed by atoms with Crippen LogP contribution in [0.2, 0.25) is 0 Å². The Hall–Kier alpha value is -4.06. The van der Waals surface area contributed by atoms with Gasteiger partial charge in [0.1, 0.15) is 35.9 Å². The molecule has 4 N–H and O–H groups in total. The Labute approximate surface area is 189 Å². The highest BCUT2D eigenvalue weighted by molar-refractivity contribution is 6.00. The molecule has 0 unspecified atom stereocenters. The summed E-state index contributed by atoms with van der Waals surface area (Å²) in [4.78, 5) is 29.8. The van der Waals surface area contributed by atoms with Gasteiger partial charge in [0.15, 0.2) is 0 Å². The average molecular weight is 448 g/mol. The summed E-state index contributed by atoms with van der Waals surface area (Å²) in [6.45, 7) is 2.69. The minimum Gasteiger partial charge on any atom is -0.383 e. The molecule has 1 saturated heterocycles. The number of ether oxygens (including phenoxy) is 1. The van der Waals surface area contributed by atoms with Crippen molar-refractivity contribution in [1.82, 2.24) is 34.3 Å². The van der Waals surface area contributed by atoms with E-state index in [2.05, 4.69) is 35.7 Å². The molecular weight excluding hydrogens is 424 g/mol. The van der Waals surface area contributed by atoms with Crippen molar-refractivity contribution in [3.05, 3.63) is 37.1 Å². The second-order valence-electron chi connectivity index (χ2n) is 7.72. The SMILES string of the molecule is CCNc1ccnc(NC(=O)[C@@H]2CC[C@H](n3cc(-c4ccn(C)n4)c4c(N)ncnc43)O2)n1. The van der Waals surface area contributed by atoms with Crippen LogP contribution in [0.5, 0.6) is 0 Å². The number of hydrogen-bond acceptors (Lipinski definition) is 9. The molecule has 12 nitrogen and oxygen atoms in total. The highest BCUT2D eigenvalue weighted by Crippen LogP contribution is 2.37. The average Bonchev–Trinajstić information content (AvgIpc) is 3.52. The Balaban J connectivity index is 1.38. The van der Waals surface area contributed by atoms with Crippen molar-refractivity contribution < 1.29 is 9.53 Å². The fourth-order valence-electron chi connectivity index (χ4n) is 3.99. The number of carbonyl (C=O) groups excluding carboxylic acids is 1. The summed E-state index contributed by atoms with van der Waals surface area (Å²) in [5.74, 6) is 0.951. The summed E-state index contributed by atoms with van der Waals surface area (Å²) in [5, 5.41) is 11.0. The number of hydrogen-bond donors (Lipinski definition) is 3. The van der Waals surface area contributed by atoms with E-state index < -0.39 is 6.10 Å². The number of rotatable bonds is 6. The van der Waals surface area contributed by atoms with E-state index in [1.807, 2.05) is 37.0 Å². The van der Waals surface area contributed by atoms with Gasteiger partial charge < -0.3 is 20.4 Å². The van der Waals surface area contributed by atoms with Gasteiger partial charge in [-0.05, 0) is 31.9 Å². The smallest absolute Gasteiger partial charge is 0.255 e. The van der Waals surface area contributed by atoms with Gasteiger partial charge in [-0.2, -0.15) is 10.1 Å². The van der Waals surface area contributed by atoms with Gasteiger partial charge in [-0.25, -0.2) is 15.0 Å². The number of nitrogens with one attached hydrogen (secondary N) is 2. The standard InChI is InChI=1S/C21H24N10O2/c1-3-23-15-6-8-24-21(27-15)28-20(32)14-4-5-16(33-14)31-10-12(13-7-9-30(2)29-13)17-18(22)25-11-26-19(17)31/h6-11,14,16H,3-5H2,1-2H3,(H2,22,25,26)(H2,23,24,27,28,32)/t14-,16+/m0/s1. The number of anilines is 3. The number of aryl methyl sites for hydroxylation is 1. The Morgan fingerprint density at radius 3 is 2.94 bits per heavy atom. The molecule has 0 aliphatic carbocycles. The van der Waals surface area contributed by atoms with Crippen molar-refractivity contribution in [2.45, 2.75) is 32.1 Å². The lowest BCUT2D eigenvalue weighted by molar-refractivity contribution is -0.128. The molecule has 0 radical (unpaired) electrons. The molecule has 4 aromatic rings. The predicted molar refractivity (Wildman–Crippen MR) is 122 cm³/mol. The zero-order valence-corrected chi connectivity index (χ0v) is 18.3. The third-order valence-corrected chi connectivity index (χ3v) is 5.48. The van der Waals surface area contributed by atoms with Crippen molar-refractivity contribution in [2.24, 2.45) is 7.05 Å². The van der Waals surface area contributed by atoms with Crippen molar-refractivity contribution in [3.8, 4) is 11.3 Å². The molecular formula is C21H24N10O2. The fourth-order valence-corrected chi connectivity index (χ4v) is 3.99. The number of aromatic nitrogens is 7. The van der Waals surface area contributed by atoms with E-state index in [0.29, 0.717) is 35.5 Å². The number of carbonyl (C=O) groups is 1. The van der Waals surface area contributed by atoms with Crippen LogP contribution >= 0.6 is 0 Å². The Bertz CT molecular complexity index is 1310. The Kier molecular flexibility index (Phi) is 5.34. The van der Waals surface area contributed by atoms with Crippen molar-refractivity contribution in [1.29, 1.82) is 0 Å². The summed E-state index contributed by atoms with van der Waals surface area (Å²) in [5.41, 5.74) is 8.39. The van der Waals surface area contributed by atoms with Gasteiger partial charge in [0.05, 0.1) is 11.1 Å². The Morgan fingerprint density at radius 2 is 2.15 bits per heavy atom. The highest BCUT2D eigenvalue weighted by atomic mass is 16.5. The topological polar surface area (TPSA) is 151 Å². The van der Waals surface area contributed by atoms with Crippen LogP contribution in [-0.2, 0) is 16.6 Å². The van der Waals surface area contributed by atoms with Crippen molar-refractivity contribution in [2.75, 3.05) is 22.9 Å². The number of fused-ring (bicyclic) bond motifs is 1. The van der Waals surface area contributed by atoms with E-state index in [0.717, 1.165) is 17.8 Å². The second kappa shape index (κ2) is 8.47. The summed E-state index contributed by atoms with van der Waals surface area (Å²) < 4.78 is 9.73. The summed E-state index contributed by atoms with van der Waals surface area (Å²) in [6, 6.07) is 3.64. The molecule has 5 heterocycles. The molecule has 0 bridgehead atoms. The first-order chi connectivity index (χ1) is 16.0. The molecule has 1 fully saturated rings. The van der Waals surface area contributed by atoms with Crippen molar-refractivity contribution in [3.63, 3.8) is 0 Å². The van der Waals surface area contributed by atoms with Crippen LogP contribution in [-0.4, -0.2) is 52.8 Å². The summed E-state index contributed by atoms with van der Waals surface area (Å²) >= 11 is 0. The lowest BCUT2D eigenvalue weighted by Crippen LogP contribution is -2.28. The van der Waals surface area contributed by atoms with E-state index in [4.69, 9.17) is 10.5 Å². The van der Waals surface area contributed by atoms with Gasteiger partial charge in [0.2, 0.25) is 5.95 Å². The first-order valence-electron chi connectivity index (χ1n) is 10.7. The molecule has 12 heteroatoms. The third-order valence-electron chi connectivity index (χ3n) is 5.48. The molecule has 4 aromatic heterocycles. The van der Waals surface area contributed by atoms with Gasteiger partial charge in [-0.3, -0.25) is 14.8 Å². The molecule has 1 amide bonds. The normalized spacial score (nSPS) is 18.0. The molecule has 0 saturated carbocycles. The van der Waals surface area contributed by atoms with Gasteiger partial charge >= 0.3 is 0 Å².